The number of carbonyl (C=O) groups excluding carboxylic acids is 1. The fourth-order valence-corrected chi connectivity index (χ4v) is 3.44. The van der Waals surface area contributed by atoms with Gasteiger partial charge in [0.2, 0.25) is 11.3 Å². The highest BCUT2D eigenvalue weighted by Crippen LogP contribution is 2.15. The van der Waals surface area contributed by atoms with Gasteiger partial charge in [0.25, 0.3) is 5.56 Å². The zero-order chi connectivity index (χ0) is 22.0. The highest BCUT2D eigenvalue weighted by Gasteiger charge is 2.16. The van der Waals surface area contributed by atoms with Gasteiger partial charge in [0.15, 0.2) is 11.3 Å². The summed E-state index contributed by atoms with van der Waals surface area (Å²) in [4.78, 5) is 41.6. The molecular formula is C22H18Cl2N4O4. The molecule has 164 valence electrons. The van der Waals surface area contributed by atoms with Crippen LogP contribution in [0, 0.1) is 0 Å². The lowest BCUT2D eigenvalue weighted by atomic mass is 10.2. The van der Waals surface area contributed by atoms with Crippen molar-refractivity contribution in [2.45, 2.75) is 13.0 Å². The van der Waals surface area contributed by atoms with Gasteiger partial charge in [-0.1, -0.05) is 23.7 Å². The molecule has 4 aromatic rings. The van der Waals surface area contributed by atoms with Crippen LogP contribution in [-0.2, 0) is 17.8 Å². The molecule has 0 aliphatic heterocycles. The fraction of sp³-hybridized carbons (Fsp3) is 0.0909. The quantitative estimate of drug-likeness (QED) is 0.464. The van der Waals surface area contributed by atoms with Crippen molar-refractivity contribution in [2.24, 2.45) is 0 Å². The summed E-state index contributed by atoms with van der Waals surface area (Å²) >= 11 is 5.99. The zero-order valence-electron chi connectivity index (χ0n) is 16.6. The lowest BCUT2D eigenvalue weighted by Gasteiger charge is -2.12. The van der Waals surface area contributed by atoms with Crippen molar-refractivity contribution in [2.75, 3.05) is 5.32 Å². The van der Waals surface area contributed by atoms with Gasteiger partial charge < -0.3 is 19.4 Å². The first-order valence-corrected chi connectivity index (χ1v) is 9.71. The van der Waals surface area contributed by atoms with Crippen LogP contribution in [0.5, 0.6) is 5.75 Å². The highest BCUT2D eigenvalue weighted by molar-refractivity contribution is 6.30. The van der Waals surface area contributed by atoms with Crippen LogP contribution in [0.25, 0.3) is 5.52 Å². The number of nitrogens with one attached hydrogen (secondary N) is 1. The number of fused-ring (bicyclic) bond motifs is 1. The molecule has 0 spiro atoms. The molecule has 0 aliphatic rings. The lowest BCUT2D eigenvalue weighted by Crippen LogP contribution is -2.26. The normalized spacial score (nSPS) is 10.5. The number of nitrogens with zero attached hydrogens (tertiary/aromatic N) is 3. The minimum Gasteiger partial charge on any atom is -0.502 e. The first-order valence-electron chi connectivity index (χ1n) is 9.33. The number of halogens is 2. The number of carbonyl (C=O) groups is 1. The second-order valence-corrected chi connectivity index (χ2v) is 7.35. The standard InChI is InChI=1S/C22H17ClN4O4.ClH/c23-16-3-1-2-15(10-16)12-27-9-8-26-13-17(20(29)21(30)19(26)22(27)31)25-18(28)11-14-4-6-24-7-5-14;/h1-10,13,30H,11-12H2,(H,25,28);1H. The molecule has 1 aromatic carbocycles. The van der Waals surface area contributed by atoms with E-state index in [1.165, 1.54) is 27.6 Å². The monoisotopic (exact) mass is 472 g/mol. The summed E-state index contributed by atoms with van der Waals surface area (Å²) in [6, 6.07) is 10.4. The molecule has 3 heterocycles. The Bertz CT molecular complexity index is 1400. The number of aromatic hydroxyl groups is 1. The molecule has 10 heteroatoms. The van der Waals surface area contributed by atoms with Crippen LogP contribution in [0.1, 0.15) is 11.1 Å². The Morgan fingerprint density at radius 3 is 2.56 bits per heavy atom. The van der Waals surface area contributed by atoms with Crippen LogP contribution in [0.15, 0.2) is 77.0 Å². The summed E-state index contributed by atoms with van der Waals surface area (Å²) in [5, 5.41) is 13.5. The predicted octanol–water partition coefficient (Wildman–Crippen LogP) is 2.87. The maximum Gasteiger partial charge on any atom is 0.279 e. The van der Waals surface area contributed by atoms with E-state index in [-0.39, 0.29) is 36.6 Å². The minimum absolute atomic E-state index is 0. The molecule has 0 aliphatic carbocycles. The van der Waals surface area contributed by atoms with Gasteiger partial charge in [-0.2, -0.15) is 0 Å². The van der Waals surface area contributed by atoms with E-state index in [0.29, 0.717) is 5.02 Å². The maximum atomic E-state index is 12.9. The SMILES string of the molecule is Cl.O=C(Cc1ccncc1)Nc1cn2ccn(Cc3cccc(Cl)c3)c(=O)c2c(O)c1=O. The molecule has 1 amide bonds. The van der Waals surface area contributed by atoms with E-state index in [9.17, 15) is 19.5 Å². The minimum atomic E-state index is -0.833. The molecule has 32 heavy (non-hydrogen) atoms. The second kappa shape index (κ2) is 9.67. The first kappa shape index (κ1) is 23.1. The van der Waals surface area contributed by atoms with E-state index in [1.54, 1.807) is 42.7 Å². The number of rotatable bonds is 5. The van der Waals surface area contributed by atoms with Crippen molar-refractivity contribution < 1.29 is 9.90 Å². The number of pyridine rings is 2. The van der Waals surface area contributed by atoms with Crippen molar-refractivity contribution in [1.82, 2.24) is 14.0 Å². The summed E-state index contributed by atoms with van der Waals surface area (Å²) in [6.45, 7) is 0.216. The lowest BCUT2D eigenvalue weighted by molar-refractivity contribution is -0.115. The summed E-state index contributed by atoms with van der Waals surface area (Å²) in [5.74, 6) is -1.16. The number of hydrogen-bond acceptors (Lipinski definition) is 5. The number of aromatic nitrogens is 3. The van der Waals surface area contributed by atoms with Crippen LogP contribution in [0.4, 0.5) is 5.69 Å². The van der Waals surface area contributed by atoms with Crippen molar-refractivity contribution in [1.29, 1.82) is 0 Å². The van der Waals surface area contributed by atoms with E-state index in [1.807, 2.05) is 6.07 Å². The molecule has 3 aromatic heterocycles. The average molecular weight is 473 g/mol. The Balaban J connectivity index is 0.00000289. The summed E-state index contributed by atoms with van der Waals surface area (Å²) in [5.41, 5.74) is -0.169. The molecule has 0 saturated carbocycles. The van der Waals surface area contributed by atoms with Crippen molar-refractivity contribution in [3.8, 4) is 5.75 Å². The average Bonchev–Trinajstić information content (AvgIpc) is 2.74. The fourth-order valence-electron chi connectivity index (χ4n) is 3.23. The molecule has 4 rings (SSSR count). The predicted molar refractivity (Wildman–Crippen MR) is 124 cm³/mol. The third-order valence-corrected chi connectivity index (χ3v) is 4.95. The molecule has 8 nitrogen and oxygen atoms in total. The van der Waals surface area contributed by atoms with E-state index in [4.69, 9.17) is 11.6 Å². The highest BCUT2D eigenvalue weighted by atomic mass is 35.5. The smallest absolute Gasteiger partial charge is 0.279 e. The number of hydrogen-bond donors (Lipinski definition) is 2. The molecular weight excluding hydrogens is 455 g/mol. The second-order valence-electron chi connectivity index (χ2n) is 6.92. The van der Waals surface area contributed by atoms with Gasteiger partial charge in [-0.3, -0.25) is 19.4 Å². The van der Waals surface area contributed by atoms with Crippen LogP contribution in [0.3, 0.4) is 0 Å². The van der Waals surface area contributed by atoms with Crippen LogP contribution >= 0.6 is 24.0 Å². The molecule has 2 N–H and O–H groups in total. The van der Waals surface area contributed by atoms with Gasteiger partial charge in [0.05, 0.1) is 13.0 Å². The third kappa shape index (κ3) is 4.82. The molecule has 0 radical (unpaired) electrons. The Morgan fingerprint density at radius 2 is 1.84 bits per heavy atom. The van der Waals surface area contributed by atoms with Crippen molar-refractivity contribution >= 4 is 41.1 Å². The number of benzene rings is 1. The largest absolute Gasteiger partial charge is 0.502 e. The van der Waals surface area contributed by atoms with Crippen LogP contribution < -0.4 is 16.3 Å². The molecule has 0 atom stereocenters. The van der Waals surface area contributed by atoms with Crippen molar-refractivity contribution in [3.63, 3.8) is 0 Å². The van der Waals surface area contributed by atoms with Gasteiger partial charge in [-0.05, 0) is 35.4 Å². The van der Waals surface area contributed by atoms with Gasteiger partial charge in [-0.25, -0.2) is 0 Å². The Labute approximate surface area is 193 Å². The van der Waals surface area contributed by atoms with Gasteiger partial charge >= 0.3 is 0 Å². The van der Waals surface area contributed by atoms with Gasteiger partial charge in [0.1, 0.15) is 5.69 Å². The number of amides is 1. The number of anilines is 1. The van der Waals surface area contributed by atoms with Crippen LogP contribution in [-0.4, -0.2) is 25.0 Å². The van der Waals surface area contributed by atoms with Gasteiger partial charge in [0, 0.05) is 36.0 Å². The Hall–Kier alpha value is -3.62. The first-order chi connectivity index (χ1) is 14.9. The Kier molecular flexibility index (Phi) is 6.97. The zero-order valence-corrected chi connectivity index (χ0v) is 18.1. The topological polar surface area (TPSA) is 106 Å². The molecule has 0 fully saturated rings. The van der Waals surface area contributed by atoms with E-state index in [2.05, 4.69) is 10.3 Å². The summed E-state index contributed by atoms with van der Waals surface area (Å²) in [7, 11) is 0. The van der Waals surface area contributed by atoms with E-state index in [0.717, 1.165) is 11.1 Å². The summed E-state index contributed by atoms with van der Waals surface area (Å²) < 4.78 is 2.68. The molecule has 0 bridgehead atoms. The summed E-state index contributed by atoms with van der Waals surface area (Å²) in [6.07, 6.45) is 7.53. The molecule has 0 saturated heterocycles. The van der Waals surface area contributed by atoms with E-state index >= 15 is 0 Å². The molecule has 0 unspecified atom stereocenters. The van der Waals surface area contributed by atoms with Crippen molar-refractivity contribution in [3.05, 3.63) is 104 Å². The Morgan fingerprint density at radius 1 is 1.09 bits per heavy atom. The third-order valence-electron chi connectivity index (χ3n) is 4.71. The van der Waals surface area contributed by atoms with Gasteiger partial charge in [-0.15, -0.1) is 12.4 Å². The van der Waals surface area contributed by atoms with E-state index < -0.39 is 22.6 Å². The maximum absolute atomic E-state index is 12.9. The van der Waals surface area contributed by atoms with Crippen LogP contribution in [0.2, 0.25) is 5.02 Å².